The number of alkyl carbamates (subject to hydrolysis) is 1. The summed E-state index contributed by atoms with van der Waals surface area (Å²) in [6.07, 6.45) is 4.04. The summed E-state index contributed by atoms with van der Waals surface area (Å²) in [5.74, 6) is -1.28. The summed E-state index contributed by atoms with van der Waals surface area (Å²) in [7, 11) is 0. The molecule has 0 aromatic heterocycles. The molecule has 0 unspecified atom stereocenters. The fraction of sp³-hybridized carbons (Fsp3) is 0.444. The number of hydrogen-bond donors (Lipinski definition) is 3. The molecule has 2 amide bonds. The standard InChI is InChI=1S/C27H30N2O5/c30-23(29-27(24(31)32)14-5-6-15-27)26(12-7-13-26)17-28-25(33)34-16-22-20-10-3-1-8-18(20)19-9-2-4-11-21(19)22/h1-4,8-11,22H,5-7,12-17H2,(H,28,33)(H,29,30)(H,31,32). The van der Waals surface area contributed by atoms with Crippen molar-refractivity contribution in [2.45, 2.75) is 56.4 Å². The van der Waals surface area contributed by atoms with Gasteiger partial charge in [-0.1, -0.05) is 67.8 Å². The first-order valence-corrected chi connectivity index (χ1v) is 12.1. The molecule has 178 valence electrons. The van der Waals surface area contributed by atoms with E-state index in [1.165, 1.54) is 0 Å². The molecular formula is C27H30N2O5. The first-order valence-electron chi connectivity index (χ1n) is 12.1. The minimum atomic E-state index is -1.18. The van der Waals surface area contributed by atoms with Crippen LogP contribution in [-0.2, 0) is 14.3 Å². The molecule has 0 spiro atoms. The Hall–Kier alpha value is -3.35. The van der Waals surface area contributed by atoms with Crippen molar-refractivity contribution in [1.82, 2.24) is 10.6 Å². The predicted octanol–water partition coefficient (Wildman–Crippen LogP) is 4.21. The summed E-state index contributed by atoms with van der Waals surface area (Å²) in [5, 5.41) is 15.3. The van der Waals surface area contributed by atoms with Crippen molar-refractivity contribution in [2.75, 3.05) is 13.2 Å². The molecule has 2 fully saturated rings. The van der Waals surface area contributed by atoms with Gasteiger partial charge in [0, 0.05) is 12.5 Å². The number of amides is 2. The van der Waals surface area contributed by atoms with Crippen molar-refractivity contribution in [3.05, 3.63) is 59.7 Å². The van der Waals surface area contributed by atoms with Gasteiger partial charge in [0.05, 0.1) is 5.41 Å². The maximum Gasteiger partial charge on any atom is 0.407 e. The lowest BCUT2D eigenvalue weighted by Crippen LogP contribution is -2.60. The lowest BCUT2D eigenvalue weighted by molar-refractivity contribution is -0.151. The molecule has 0 heterocycles. The van der Waals surface area contributed by atoms with Gasteiger partial charge >= 0.3 is 12.1 Å². The van der Waals surface area contributed by atoms with Gasteiger partial charge in [-0.25, -0.2) is 9.59 Å². The number of rotatable bonds is 7. The smallest absolute Gasteiger partial charge is 0.407 e. The lowest BCUT2D eigenvalue weighted by Gasteiger charge is -2.42. The molecule has 7 heteroatoms. The molecule has 0 bridgehead atoms. The van der Waals surface area contributed by atoms with Gasteiger partial charge in [-0.05, 0) is 47.9 Å². The lowest BCUT2D eigenvalue weighted by atomic mass is 9.67. The summed E-state index contributed by atoms with van der Waals surface area (Å²) in [6.45, 7) is 0.354. The van der Waals surface area contributed by atoms with E-state index in [1.807, 2.05) is 24.3 Å². The number of ether oxygens (including phenoxy) is 1. The van der Waals surface area contributed by atoms with Crippen LogP contribution < -0.4 is 10.6 Å². The first-order chi connectivity index (χ1) is 16.4. The molecule has 3 aliphatic rings. The quantitative estimate of drug-likeness (QED) is 0.572. The molecule has 3 N–H and O–H groups in total. The second-order valence-electron chi connectivity index (χ2n) is 9.86. The number of carboxylic acid groups (broad SMARTS) is 1. The van der Waals surface area contributed by atoms with E-state index in [0.717, 1.165) is 41.5 Å². The Balaban J connectivity index is 1.20. The zero-order valence-electron chi connectivity index (χ0n) is 19.1. The van der Waals surface area contributed by atoms with E-state index in [-0.39, 0.29) is 25.0 Å². The van der Waals surface area contributed by atoms with Gasteiger partial charge in [0.1, 0.15) is 12.1 Å². The van der Waals surface area contributed by atoms with E-state index in [1.54, 1.807) is 0 Å². The minimum Gasteiger partial charge on any atom is -0.480 e. The number of carbonyl (C=O) groups is 3. The maximum absolute atomic E-state index is 13.1. The molecule has 2 aromatic carbocycles. The molecule has 2 saturated carbocycles. The Morgan fingerprint density at radius 3 is 2.00 bits per heavy atom. The highest BCUT2D eigenvalue weighted by molar-refractivity contribution is 5.91. The molecule has 0 saturated heterocycles. The van der Waals surface area contributed by atoms with Crippen LogP contribution in [0.4, 0.5) is 4.79 Å². The summed E-state index contributed by atoms with van der Waals surface area (Å²) in [5.41, 5.74) is 2.66. The van der Waals surface area contributed by atoms with Crippen molar-refractivity contribution in [3.8, 4) is 11.1 Å². The Bertz CT molecular complexity index is 1070. The Morgan fingerprint density at radius 1 is 0.882 bits per heavy atom. The third-order valence-electron chi connectivity index (χ3n) is 7.93. The third-order valence-corrected chi connectivity index (χ3v) is 7.93. The number of carbonyl (C=O) groups excluding carboxylic acids is 2. The van der Waals surface area contributed by atoms with Crippen LogP contribution in [0.15, 0.2) is 48.5 Å². The molecule has 5 rings (SSSR count). The van der Waals surface area contributed by atoms with Crippen LogP contribution in [-0.4, -0.2) is 41.8 Å². The molecular weight excluding hydrogens is 432 g/mol. The summed E-state index contributed by atoms with van der Waals surface area (Å²) >= 11 is 0. The van der Waals surface area contributed by atoms with E-state index in [4.69, 9.17) is 4.74 Å². The number of aliphatic carboxylic acids is 1. The molecule has 34 heavy (non-hydrogen) atoms. The number of fused-ring (bicyclic) bond motifs is 3. The first kappa shape index (κ1) is 22.4. The van der Waals surface area contributed by atoms with E-state index in [2.05, 4.69) is 34.9 Å². The van der Waals surface area contributed by atoms with Gasteiger partial charge < -0.3 is 20.5 Å². The maximum atomic E-state index is 13.1. The van der Waals surface area contributed by atoms with Gasteiger partial charge in [0.25, 0.3) is 0 Å². The van der Waals surface area contributed by atoms with Crippen LogP contribution in [0.5, 0.6) is 0 Å². The van der Waals surface area contributed by atoms with Crippen LogP contribution in [0.25, 0.3) is 11.1 Å². The Kier molecular flexibility index (Phi) is 5.80. The highest BCUT2D eigenvalue weighted by Gasteiger charge is 2.50. The summed E-state index contributed by atoms with van der Waals surface area (Å²) in [4.78, 5) is 37.5. The van der Waals surface area contributed by atoms with Crippen molar-refractivity contribution in [3.63, 3.8) is 0 Å². The average molecular weight is 463 g/mol. The van der Waals surface area contributed by atoms with Gasteiger partial charge in [0.2, 0.25) is 5.91 Å². The summed E-state index contributed by atoms with van der Waals surface area (Å²) < 4.78 is 5.60. The average Bonchev–Trinajstić information content (AvgIpc) is 3.41. The zero-order valence-corrected chi connectivity index (χ0v) is 19.1. The Morgan fingerprint density at radius 2 is 1.47 bits per heavy atom. The molecule has 0 aliphatic heterocycles. The Labute approximate surface area is 198 Å². The van der Waals surface area contributed by atoms with E-state index < -0.39 is 23.0 Å². The highest BCUT2D eigenvalue weighted by Crippen LogP contribution is 2.45. The van der Waals surface area contributed by atoms with Crippen LogP contribution in [0.3, 0.4) is 0 Å². The van der Waals surface area contributed by atoms with Crippen LogP contribution >= 0.6 is 0 Å². The van der Waals surface area contributed by atoms with Crippen LogP contribution in [0.1, 0.15) is 62.0 Å². The van der Waals surface area contributed by atoms with Crippen molar-refractivity contribution in [2.24, 2.45) is 5.41 Å². The number of hydrogen-bond acceptors (Lipinski definition) is 4. The zero-order chi connectivity index (χ0) is 23.8. The minimum absolute atomic E-state index is 0.0306. The van der Waals surface area contributed by atoms with Crippen molar-refractivity contribution < 1.29 is 24.2 Å². The van der Waals surface area contributed by atoms with Crippen LogP contribution in [0.2, 0.25) is 0 Å². The van der Waals surface area contributed by atoms with Crippen molar-refractivity contribution in [1.29, 1.82) is 0 Å². The molecule has 0 radical (unpaired) electrons. The largest absolute Gasteiger partial charge is 0.480 e. The van der Waals surface area contributed by atoms with E-state index in [9.17, 15) is 19.5 Å². The van der Waals surface area contributed by atoms with E-state index in [0.29, 0.717) is 25.7 Å². The summed E-state index contributed by atoms with van der Waals surface area (Å²) in [6, 6.07) is 16.3. The molecule has 0 atom stereocenters. The molecule has 3 aliphatic carbocycles. The van der Waals surface area contributed by atoms with Gasteiger partial charge in [0.15, 0.2) is 0 Å². The second-order valence-corrected chi connectivity index (χ2v) is 9.86. The monoisotopic (exact) mass is 462 g/mol. The normalized spacial score (nSPS) is 19.4. The van der Waals surface area contributed by atoms with Crippen molar-refractivity contribution >= 4 is 18.0 Å². The number of benzene rings is 2. The van der Waals surface area contributed by atoms with Gasteiger partial charge in [-0.3, -0.25) is 4.79 Å². The molecule has 2 aromatic rings. The van der Waals surface area contributed by atoms with Gasteiger partial charge in [-0.15, -0.1) is 0 Å². The topological polar surface area (TPSA) is 105 Å². The predicted molar refractivity (Wildman–Crippen MR) is 126 cm³/mol. The number of carboxylic acids is 1. The molecule has 7 nitrogen and oxygen atoms in total. The third kappa shape index (κ3) is 3.83. The fourth-order valence-electron chi connectivity index (χ4n) is 5.70. The number of nitrogens with one attached hydrogen (secondary N) is 2. The van der Waals surface area contributed by atoms with Crippen LogP contribution in [0, 0.1) is 5.41 Å². The van der Waals surface area contributed by atoms with Gasteiger partial charge in [-0.2, -0.15) is 0 Å². The van der Waals surface area contributed by atoms with E-state index >= 15 is 0 Å². The second kappa shape index (κ2) is 8.78. The fourth-order valence-corrected chi connectivity index (χ4v) is 5.70. The SMILES string of the molecule is O=C(NCC1(C(=O)NC2(C(=O)O)CCCC2)CCC1)OCC1c2ccccc2-c2ccccc21. The highest BCUT2D eigenvalue weighted by atomic mass is 16.5.